The van der Waals surface area contributed by atoms with Crippen LogP contribution in [-0.2, 0) is 5.60 Å². The van der Waals surface area contributed by atoms with Crippen molar-refractivity contribution >= 4 is 0 Å². The summed E-state index contributed by atoms with van der Waals surface area (Å²) in [4.78, 5) is 2.29. The van der Waals surface area contributed by atoms with Gasteiger partial charge < -0.3 is 5.11 Å². The quantitative estimate of drug-likeness (QED) is 0.731. The van der Waals surface area contributed by atoms with E-state index in [0.29, 0.717) is 6.42 Å². The first-order valence-electron chi connectivity index (χ1n) is 8.56. The summed E-state index contributed by atoms with van der Waals surface area (Å²) in [6, 6.07) is 16.4. The number of rotatable bonds is 8. The first kappa shape index (κ1) is 16.7. The molecule has 2 aromatic rings. The van der Waals surface area contributed by atoms with Crippen molar-refractivity contribution in [2.75, 3.05) is 19.6 Å². The predicted molar refractivity (Wildman–Crippen MR) is 101 cm³/mol. The highest BCUT2D eigenvalue weighted by atomic mass is 16.3. The standard InChI is InChI=1S/C22H25NO/c1-3-15-23(16-4-2)17-9-14-22(24)20-12-7-5-10-18(20)19-11-6-8-13-21(19)22/h3-8,10-13,24H,1-2,9,14-17H2. The van der Waals surface area contributed by atoms with Crippen LogP contribution in [0.5, 0.6) is 0 Å². The van der Waals surface area contributed by atoms with Crippen LogP contribution in [0.3, 0.4) is 0 Å². The van der Waals surface area contributed by atoms with E-state index in [1.54, 1.807) is 0 Å². The lowest BCUT2D eigenvalue weighted by molar-refractivity contribution is 0.0703. The first-order valence-corrected chi connectivity index (χ1v) is 8.56. The molecule has 0 spiro atoms. The topological polar surface area (TPSA) is 23.5 Å². The Morgan fingerprint density at radius 2 is 1.38 bits per heavy atom. The maximum absolute atomic E-state index is 11.5. The van der Waals surface area contributed by atoms with Crippen molar-refractivity contribution in [3.8, 4) is 11.1 Å². The van der Waals surface area contributed by atoms with E-state index >= 15 is 0 Å². The van der Waals surface area contributed by atoms with Crippen LogP contribution < -0.4 is 0 Å². The fraction of sp³-hybridized carbons (Fsp3) is 0.273. The number of aliphatic hydroxyl groups is 1. The lowest BCUT2D eigenvalue weighted by Gasteiger charge is -2.27. The van der Waals surface area contributed by atoms with E-state index in [4.69, 9.17) is 0 Å². The fourth-order valence-electron chi connectivity index (χ4n) is 3.75. The fourth-order valence-corrected chi connectivity index (χ4v) is 3.75. The van der Waals surface area contributed by atoms with Crippen molar-refractivity contribution < 1.29 is 5.11 Å². The zero-order chi connectivity index (χ0) is 17.0. The van der Waals surface area contributed by atoms with Gasteiger partial charge >= 0.3 is 0 Å². The summed E-state index contributed by atoms with van der Waals surface area (Å²) in [5.74, 6) is 0. The molecule has 24 heavy (non-hydrogen) atoms. The molecular formula is C22H25NO. The van der Waals surface area contributed by atoms with Gasteiger partial charge in [-0.3, -0.25) is 4.90 Å². The Balaban J connectivity index is 1.82. The minimum Gasteiger partial charge on any atom is -0.380 e. The van der Waals surface area contributed by atoms with Crippen LogP contribution in [0, 0.1) is 0 Å². The van der Waals surface area contributed by atoms with Gasteiger partial charge in [-0.25, -0.2) is 0 Å². The van der Waals surface area contributed by atoms with Crippen molar-refractivity contribution in [3.05, 3.63) is 85.0 Å². The van der Waals surface area contributed by atoms with Gasteiger partial charge in [0, 0.05) is 13.1 Å². The third kappa shape index (κ3) is 2.95. The Morgan fingerprint density at radius 3 is 1.88 bits per heavy atom. The highest BCUT2D eigenvalue weighted by Gasteiger charge is 2.40. The van der Waals surface area contributed by atoms with E-state index in [0.717, 1.165) is 48.3 Å². The third-order valence-electron chi connectivity index (χ3n) is 4.82. The van der Waals surface area contributed by atoms with Gasteiger partial charge in [-0.15, -0.1) is 13.2 Å². The molecule has 2 heteroatoms. The summed E-state index contributed by atoms with van der Waals surface area (Å²) in [7, 11) is 0. The summed E-state index contributed by atoms with van der Waals surface area (Å²) in [5, 5.41) is 11.5. The summed E-state index contributed by atoms with van der Waals surface area (Å²) < 4.78 is 0. The van der Waals surface area contributed by atoms with E-state index in [2.05, 4.69) is 42.3 Å². The van der Waals surface area contributed by atoms with Crippen molar-refractivity contribution in [1.29, 1.82) is 0 Å². The average molecular weight is 319 g/mol. The highest BCUT2D eigenvalue weighted by molar-refractivity contribution is 5.79. The largest absolute Gasteiger partial charge is 0.380 e. The summed E-state index contributed by atoms with van der Waals surface area (Å²) in [6.45, 7) is 10.2. The summed E-state index contributed by atoms with van der Waals surface area (Å²) in [6.07, 6.45) is 5.46. The van der Waals surface area contributed by atoms with Gasteiger partial charge in [-0.05, 0) is 41.6 Å². The molecule has 0 saturated carbocycles. The van der Waals surface area contributed by atoms with Crippen LogP contribution >= 0.6 is 0 Å². The van der Waals surface area contributed by atoms with Crippen molar-refractivity contribution in [2.45, 2.75) is 18.4 Å². The van der Waals surface area contributed by atoms with Crippen LogP contribution in [0.25, 0.3) is 11.1 Å². The Hall–Kier alpha value is -2.16. The van der Waals surface area contributed by atoms with Gasteiger partial charge in [-0.2, -0.15) is 0 Å². The van der Waals surface area contributed by atoms with Gasteiger partial charge in [0.2, 0.25) is 0 Å². The van der Waals surface area contributed by atoms with E-state index in [1.165, 1.54) is 0 Å². The average Bonchev–Trinajstić information content (AvgIpc) is 2.86. The minimum absolute atomic E-state index is 0.714. The molecule has 1 aliphatic rings. The lowest BCUT2D eigenvalue weighted by Crippen LogP contribution is -2.29. The Bertz CT molecular complexity index is 679. The van der Waals surface area contributed by atoms with Crippen LogP contribution in [-0.4, -0.2) is 29.6 Å². The normalized spacial score (nSPS) is 14.2. The van der Waals surface area contributed by atoms with Gasteiger partial charge in [-0.1, -0.05) is 60.7 Å². The second-order valence-corrected chi connectivity index (χ2v) is 6.39. The molecule has 0 bridgehead atoms. The predicted octanol–water partition coefficient (Wildman–Crippen LogP) is 4.36. The van der Waals surface area contributed by atoms with Gasteiger partial charge in [0.1, 0.15) is 5.60 Å². The van der Waals surface area contributed by atoms with Crippen molar-refractivity contribution in [1.82, 2.24) is 4.90 Å². The molecule has 0 aliphatic heterocycles. The molecule has 1 N–H and O–H groups in total. The molecule has 2 aromatic carbocycles. The van der Waals surface area contributed by atoms with E-state index < -0.39 is 5.60 Å². The Morgan fingerprint density at radius 1 is 0.875 bits per heavy atom. The molecule has 0 heterocycles. The van der Waals surface area contributed by atoms with E-state index in [1.807, 2.05) is 36.4 Å². The molecular weight excluding hydrogens is 294 g/mol. The molecule has 2 nitrogen and oxygen atoms in total. The summed E-state index contributed by atoms with van der Waals surface area (Å²) >= 11 is 0. The molecule has 0 fully saturated rings. The molecule has 0 amide bonds. The second-order valence-electron chi connectivity index (χ2n) is 6.39. The maximum Gasteiger partial charge on any atom is 0.116 e. The number of fused-ring (bicyclic) bond motifs is 3. The van der Waals surface area contributed by atoms with Crippen LogP contribution in [0.4, 0.5) is 0 Å². The SMILES string of the molecule is C=CCN(CC=C)CCCC1(O)c2ccccc2-c2ccccc21. The van der Waals surface area contributed by atoms with Crippen LogP contribution in [0.15, 0.2) is 73.8 Å². The van der Waals surface area contributed by atoms with Crippen LogP contribution in [0.2, 0.25) is 0 Å². The van der Waals surface area contributed by atoms with Crippen LogP contribution in [0.1, 0.15) is 24.0 Å². The molecule has 0 saturated heterocycles. The molecule has 3 rings (SSSR count). The lowest BCUT2D eigenvalue weighted by atomic mass is 9.87. The third-order valence-corrected chi connectivity index (χ3v) is 4.82. The van der Waals surface area contributed by atoms with Crippen molar-refractivity contribution in [3.63, 3.8) is 0 Å². The first-order chi connectivity index (χ1) is 11.7. The minimum atomic E-state index is -0.888. The molecule has 1 aliphatic carbocycles. The monoisotopic (exact) mass is 319 g/mol. The smallest absolute Gasteiger partial charge is 0.116 e. The second kappa shape index (κ2) is 7.16. The zero-order valence-corrected chi connectivity index (χ0v) is 14.1. The summed E-state index contributed by atoms with van der Waals surface area (Å²) in [5.41, 5.74) is 3.49. The zero-order valence-electron chi connectivity index (χ0n) is 14.1. The number of nitrogens with zero attached hydrogens (tertiary/aromatic N) is 1. The maximum atomic E-state index is 11.5. The molecule has 0 unspecified atom stereocenters. The number of hydrogen-bond acceptors (Lipinski definition) is 2. The molecule has 0 atom stereocenters. The Labute approximate surface area is 144 Å². The molecule has 0 radical (unpaired) electrons. The number of hydrogen-bond donors (Lipinski definition) is 1. The highest BCUT2D eigenvalue weighted by Crippen LogP contribution is 2.49. The van der Waals surface area contributed by atoms with Crippen molar-refractivity contribution in [2.24, 2.45) is 0 Å². The Kier molecular flexibility index (Phi) is 4.98. The van der Waals surface area contributed by atoms with Gasteiger partial charge in [0.15, 0.2) is 0 Å². The van der Waals surface area contributed by atoms with Gasteiger partial charge in [0.05, 0.1) is 0 Å². The molecule has 124 valence electrons. The number of benzene rings is 2. The van der Waals surface area contributed by atoms with E-state index in [9.17, 15) is 5.11 Å². The molecule has 0 aromatic heterocycles. The van der Waals surface area contributed by atoms with Gasteiger partial charge in [0.25, 0.3) is 0 Å². The van der Waals surface area contributed by atoms with E-state index in [-0.39, 0.29) is 0 Å².